The molecule has 1 saturated carbocycles. The van der Waals surface area contributed by atoms with Crippen molar-refractivity contribution < 1.29 is 14.4 Å². The summed E-state index contributed by atoms with van der Waals surface area (Å²) in [6.45, 7) is 4.82. The maximum absolute atomic E-state index is 12.8. The summed E-state index contributed by atoms with van der Waals surface area (Å²) in [5.41, 5.74) is -0.753. The zero-order valence-corrected chi connectivity index (χ0v) is 14.1. The van der Waals surface area contributed by atoms with Crippen molar-refractivity contribution in [2.75, 3.05) is 13.1 Å². The Morgan fingerprint density at radius 1 is 1.17 bits per heavy atom. The van der Waals surface area contributed by atoms with E-state index in [9.17, 15) is 14.4 Å². The highest BCUT2D eigenvalue weighted by molar-refractivity contribution is 6.09. The van der Waals surface area contributed by atoms with Gasteiger partial charge in [-0.05, 0) is 57.8 Å². The number of hydrogen-bond acceptors (Lipinski definition) is 3. The van der Waals surface area contributed by atoms with Crippen LogP contribution in [0.5, 0.6) is 0 Å². The maximum atomic E-state index is 12.8. The quantitative estimate of drug-likeness (QED) is 0.790. The summed E-state index contributed by atoms with van der Waals surface area (Å²) in [7, 11) is 0. The number of likely N-dealkylation sites (tertiary alicyclic amines) is 1. The molecule has 1 atom stereocenters. The molecule has 2 aliphatic heterocycles. The van der Waals surface area contributed by atoms with E-state index in [0.29, 0.717) is 18.8 Å². The van der Waals surface area contributed by atoms with Crippen LogP contribution in [0.4, 0.5) is 4.79 Å². The molecule has 6 heteroatoms. The second kappa shape index (κ2) is 6.13. The van der Waals surface area contributed by atoms with Gasteiger partial charge in [0, 0.05) is 12.6 Å². The van der Waals surface area contributed by atoms with Gasteiger partial charge in [-0.3, -0.25) is 14.5 Å². The lowest BCUT2D eigenvalue weighted by atomic mass is 9.77. The molecule has 128 valence electrons. The number of nitrogens with zero attached hydrogens (tertiary/aromatic N) is 2. The molecule has 2 saturated heterocycles. The van der Waals surface area contributed by atoms with Crippen LogP contribution >= 0.6 is 0 Å². The second-order valence-corrected chi connectivity index (χ2v) is 7.52. The third-order valence-corrected chi connectivity index (χ3v) is 5.79. The number of hydrogen-bond donors (Lipinski definition) is 1. The number of carbonyl (C=O) groups is 3. The molecule has 2 heterocycles. The first-order chi connectivity index (χ1) is 10.9. The van der Waals surface area contributed by atoms with Gasteiger partial charge in [-0.25, -0.2) is 4.79 Å². The Labute approximate surface area is 137 Å². The van der Waals surface area contributed by atoms with Gasteiger partial charge in [-0.1, -0.05) is 6.92 Å². The third kappa shape index (κ3) is 2.95. The van der Waals surface area contributed by atoms with Crippen molar-refractivity contribution >= 4 is 17.8 Å². The van der Waals surface area contributed by atoms with Gasteiger partial charge in [-0.2, -0.15) is 0 Å². The molecular formula is C17H27N3O3. The first-order valence-electron chi connectivity index (χ1n) is 8.86. The Bertz CT molecular complexity index is 511. The van der Waals surface area contributed by atoms with Crippen molar-refractivity contribution in [3.8, 4) is 0 Å². The topological polar surface area (TPSA) is 69.7 Å². The van der Waals surface area contributed by atoms with Crippen LogP contribution in [-0.2, 0) is 9.59 Å². The number of amides is 4. The zero-order chi connectivity index (χ0) is 16.6. The molecule has 0 bridgehead atoms. The fourth-order valence-electron chi connectivity index (χ4n) is 4.11. The van der Waals surface area contributed by atoms with Gasteiger partial charge in [0.05, 0.1) is 0 Å². The minimum atomic E-state index is -0.753. The van der Waals surface area contributed by atoms with E-state index < -0.39 is 11.6 Å². The van der Waals surface area contributed by atoms with Crippen LogP contribution in [0, 0.1) is 5.92 Å². The Balaban J connectivity index is 1.67. The third-order valence-electron chi connectivity index (χ3n) is 5.79. The summed E-state index contributed by atoms with van der Waals surface area (Å²) in [6, 6.07) is -0.205. The monoisotopic (exact) mass is 321 g/mol. The van der Waals surface area contributed by atoms with Crippen molar-refractivity contribution in [2.24, 2.45) is 5.92 Å². The molecule has 3 fully saturated rings. The predicted octanol–water partition coefficient (Wildman–Crippen LogP) is 1.89. The maximum Gasteiger partial charge on any atom is 0.325 e. The van der Waals surface area contributed by atoms with Gasteiger partial charge in [0.25, 0.3) is 5.91 Å². The highest BCUT2D eigenvalue weighted by Crippen LogP contribution is 2.36. The van der Waals surface area contributed by atoms with E-state index in [2.05, 4.69) is 12.2 Å². The molecule has 0 aromatic heterocycles. The molecule has 23 heavy (non-hydrogen) atoms. The van der Waals surface area contributed by atoms with Crippen molar-refractivity contribution in [3.63, 3.8) is 0 Å². The molecule has 1 aliphatic carbocycles. The number of imide groups is 1. The smallest absolute Gasteiger partial charge is 0.325 e. The van der Waals surface area contributed by atoms with E-state index in [-0.39, 0.29) is 24.4 Å². The SMILES string of the molecule is CC1CCC2(CC1)NC(=O)N(CC(=O)N1CCCCC1C)C2=O. The van der Waals surface area contributed by atoms with Gasteiger partial charge < -0.3 is 10.2 Å². The molecule has 0 aromatic carbocycles. The van der Waals surface area contributed by atoms with Crippen LogP contribution in [-0.4, -0.2) is 52.3 Å². The van der Waals surface area contributed by atoms with Crippen LogP contribution < -0.4 is 5.32 Å². The Morgan fingerprint density at radius 2 is 1.87 bits per heavy atom. The average molecular weight is 321 g/mol. The second-order valence-electron chi connectivity index (χ2n) is 7.52. The summed E-state index contributed by atoms with van der Waals surface area (Å²) >= 11 is 0. The normalized spacial score (nSPS) is 34.9. The minimum absolute atomic E-state index is 0.109. The van der Waals surface area contributed by atoms with Crippen molar-refractivity contribution in [2.45, 2.75) is 70.4 Å². The number of urea groups is 1. The van der Waals surface area contributed by atoms with Crippen molar-refractivity contribution in [1.82, 2.24) is 15.1 Å². The van der Waals surface area contributed by atoms with E-state index >= 15 is 0 Å². The number of piperidine rings is 1. The molecule has 4 amide bonds. The van der Waals surface area contributed by atoms with Crippen LogP contribution in [0.15, 0.2) is 0 Å². The molecule has 0 radical (unpaired) electrons. The molecule has 0 aromatic rings. The van der Waals surface area contributed by atoms with Crippen LogP contribution in [0.2, 0.25) is 0 Å². The number of nitrogens with one attached hydrogen (secondary N) is 1. The fourth-order valence-corrected chi connectivity index (χ4v) is 4.11. The fraction of sp³-hybridized carbons (Fsp3) is 0.824. The lowest BCUT2D eigenvalue weighted by Crippen LogP contribution is -2.51. The van der Waals surface area contributed by atoms with E-state index in [4.69, 9.17) is 0 Å². The largest absolute Gasteiger partial charge is 0.338 e. The van der Waals surface area contributed by atoms with E-state index in [1.165, 1.54) is 0 Å². The van der Waals surface area contributed by atoms with Gasteiger partial charge >= 0.3 is 6.03 Å². The lowest BCUT2D eigenvalue weighted by molar-refractivity contribution is -0.141. The van der Waals surface area contributed by atoms with Crippen LogP contribution in [0.25, 0.3) is 0 Å². The predicted molar refractivity (Wildman–Crippen MR) is 85.6 cm³/mol. The Morgan fingerprint density at radius 3 is 2.52 bits per heavy atom. The van der Waals surface area contributed by atoms with Gasteiger partial charge in [0.2, 0.25) is 5.91 Å². The average Bonchev–Trinajstić information content (AvgIpc) is 2.75. The minimum Gasteiger partial charge on any atom is -0.338 e. The number of carbonyl (C=O) groups excluding carboxylic acids is 3. The zero-order valence-electron chi connectivity index (χ0n) is 14.1. The molecule has 1 N–H and O–H groups in total. The van der Waals surface area contributed by atoms with E-state index in [1.54, 1.807) is 0 Å². The Hall–Kier alpha value is -1.59. The van der Waals surface area contributed by atoms with Gasteiger partial charge in [-0.15, -0.1) is 0 Å². The molecular weight excluding hydrogens is 294 g/mol. The number of rotatable bonds is 2. The summed E-state index contributed by atoms with van der Waals surface area (Å²) in [5.74, 6) is 0.282. The van der Waals surface area contributed by atoms with Crippen molar-refractivity contribution in [1.29, 1.82) is 0 Å². The van der Waals surface area contributed by atoms with E-state index in [0.717, 1.165) is 43.5 Å². The highest BCUT2D eigenvalue weighted by Gasteiger charge is 2.52. The molecule has 1 unspecified atom stereocenters. The Kier molecular flexibility index (Phi) is 4.34. The van der Waals surface area contributed by atoms with Crippen molar-refractivity contribution in [3.05, 3.63) is 0 Å². The van der Waals surface area contributed by atoms with Gasteiger partial charge in [0.1, 0.15) is 12.1 Å². The highest BCUT2D eigenvalue weighted by atomic mass is 16.2. The van der Waals surface area contributed by atoms with Gasteiger partial charge in [0.15, 0.2) is 0 Å². The molecule has 3 rings (SSSR count). The summed E-state index contributed by atoms with van der Waals surface area (Å²) < 4.78 is 0. The standard InChI is InChI=1S/C17H27N3O3/c1-12-6-8-17(9-7-12)15(22)20(16(23)18-17)11-14(21)19-10-4-3-5-13(19)2/h12-13H,3-11H2,1-2H3,(H,18,23). The first kappa shape index (κ1) is 16.3. The summed E-state index contributed by atoms with van der Waals surface area (Å²) in [5, 5.41) is 2.88. The lowest BCUT2D eigenvalue weighted by Gasteiger charge is -2.35. The van der Waals surface area contributed by atoms with Crippen LogP contribution in [0.1, 0.15) is 58.8 Å². The first-order valence-corrected chi connectivity index (χ1v) is 8.86. The summed E-state index contributed by atoms with van der Waals surface area (Å²) in [4.78, 5) is 40.5. The molecule has 3 aliphatic rings. The molecule has 6 nitrogen and oxygen atoms in total. The summed E-state index contributed by atoms with van der Waals surface area (Å²) in [6.07, 6.45) is 6.38. The molecule has 1 spiro atoms. The van der Waals surface area contributed by atoms with Crippen LogP contribution in [0.3, 0.4) is 0 Å². The van der Waals surface area contributed by atoms with E-state index in [1.807, 2.05) is 11.8 Å².